The van der Waals surface area contributed by atoms with Crippen LogP contribution in [0.3, 0.4) is 0 Å². The van der Waals surface area contributed by atoms with Crippen LogP contribution in [-0.4, -0.2) is 15.9 Å². The Morgan fingerprint density at radius 1 is 1.22 bits per heavy atom. The van der Waals surface area contributed by atoms with E-state index in [0.29, 0.717) is 16.9 Å². The van der Waals surface area contributed by atoms with Crippen LogP contribution in [0, 0.1) is 19.7 Å². The molecule has 0 saturated carbocycles. The van der Waals surface area contributed by atoms with Crippen LogP contribution in [0.4, 0.5) is 22.7 Å². The van der Waals surface area contributed by atoms with E-state index in [1.807, 2.05) is 13.8 Å². The Balaban J connectivity index is 1.68. The quantitative estimate of drug-likeness (QED) is 0.594. The number of amides is 1. The Morgan fingerprint density at radius 3 is 2.56 bits per heavy atom. The van der Waals surface area contributed by atoms with E-state index in [1.54, 1.807) is 5.38 Å². The van der Waals surface area contributed by atoms with Gasteiger partial charge in [-0.2, -0.15) is 13.2 Å². The number of rotatable bonds is 4. The summed E-state index contributed by atoms with van der Waals surface area (Å²) < 4.78 is 51.3. The average Bonchev–Trinajstić information content (AvgIpc) is 3.11. The van der Waals surface area contributed by atoms with Crippen molar-refractivity contribution in [2.45, 2.75) is 26.4 Å². The van der Waals surface area contributed by atoms with Gasteiger partial charge in [-0.3, -0.25) is 4.79 Å². The largest absolute Gasteiger partial charge is 0.419 e. The van der Waals surface area contributed by atoms with Crippen molar-refractivity contribution in [1.29, 1.82) is 0 Å². The van der Waals surface area contributed by atoms with Crippen LogP contribution in [-0.2, 0) is 17.4 Å². The van der Waals surface area contributed by atoms with Crippen molar-refractivity contribution < 1.29 is 22.4 Å². The van der Waals surface area contributed by atoms with Gasteiger partial charge in [0.1, 0.15) is 5.82 Å². The zero-order chi connectivity index (χ0) is 19.8. The highest BCUT2D eigenvalue weighted by Gasteiger charge is 2.33. The van der Waals surface area contributed by atoms with E-state index in [2.05, 4.69) is 15.3 Å². The van der Waals surface area contributed by atoms with Crippen LogP contribution < -0.4 is 5.32 Å². The van der Waals surface area contributed by atoms with Crippen LogP contribution in [0.25, 0.3) is 10.6 Å². The Labute approximate surface area is 159 Å². The van der Waals surface area contributed by atoms with Crippen molar-refractivity contribution in [3.8, 4) is 10.6 Å². The standard InChI is InChI=1S/C17H13F4N3OS2/c1-8-15(27-9(2)22-8)13-7-26-16(23-13)24-14(25)6-10-3-4-11(12(18)5-10)17(19,20)21/h3-5,7H,6H2,1-2H3,(H,23,24,25). The number of benzene rings is 1. The molecular formula is C17H13F4N3OS2. The number of nitrogens with zero attached hydrogens (tertiary/aromatic N) is 2. The minimum Gasteiger partial charge on any atom is -0.302 e. The molecule has 0 radical (unpaired) electrons. The zero-order valence-corrected chi connectivity index (χ0v) is 15.8. The number of thiazole rings is 2. The summed E-state index contributed by atoms with van der Waals surface area (Å²) in [5.41, 5.74) is 0.329. The van der Waals surface area contributed by atoms with Crippen molar-refractivity contribution in [3.05, 3.63) is 51.2 Å². The summed E-state index contributed by atoms with van der Waals surface area (Å²) in [7, 11) is 0. The fourth-order valence-electron chi connectivity index (χ4n) is 2.45. The maximum Gasteiger partial charge on any atom is 0.419 e. The van der Waals surface area contributed by atoms with Gasteiger partial charge in [0.15, 0.2) is 5.13 Å². The van der Waals surface area contributed by atoms with Crippen LogP contribution in [0.1, 0.15) is 21.8 Å². The maximum absolute atomic E-state index is 13.6. The Hall–Kier alpha value is -2.33. The van der Waals surface area contributed by atoms with Gasteiger partial charge in [-0.05, 0) is 31.5 Å². The topological polar surface area (TPSA) is 54.9 Å². The predicted molar refractivity (Wildman–Crippen MR) is 96.4 cm³/mol. The fraction of sp³-hybridized carbons (Fsp3) is 0.235. The van der Waals surface area contributed by atoms with Gasteiger partial charge in [-0.1, -0.05) is 6.07 Å². The predicted octanol–water partition coefficient (Wildman–Crippen LogP) is 5.22. The molecule has 0 spiro atoms. The van der Waals surface area contributed by atoms with E-state index in [4.69, 9.17) is 0 Å². The molecule has 0 saturated heterocycles. The molecule has 3 rings (SSSR count). The molecule has 0 fully saturated rings. The Bertz CT molecular complexity index is 994. The van der Waals surface area contributed by atoms with E-state index in [1.165, 1.54) is 22.7 Å². The summed E-state index contributed by atoms with van der Waals surface area (Å²) in [6, 6.07) is 2.44. The molecule has 27 heavy (non-hydrogen) atoms. The number of hydrogen-bond acceptors (Lipinski definition) is 5. The van der Waals surface area contributed by atoms with Gasteiger partial charge in [-0.15, -0.1) is 22.7 Å². The lowest BCUT2D eigenvalue weighted by molar-refractivity contribution is -0.140. The van der Waals surface area contributed by atoms with Gasteiger partial charge in [0.25, 0.3) is 0 Å². The number of nitrogens with one attached hydrogen (secondary N) is 1. The average molecular weight is 415 g/mol. The van der Waals surface area contributed by atoms with E-state index in [0.717, 1.165) is 27.7 Å². The third-order valence-corrected chi connectivity index (χ3v) is 5.44. The van der Waals surface area contributed by atoms with Crippen molar-refractivity contribution in [2.75, 3.05) is 5.32 Å². The highest BCUT2D eigenvalue weighted by Crippen LogP contribution is 2.33. The number of halogens is 4. The molecule has 10 heteroatoms. The molecule has 3 aromatic rings. The lowest BCUT2D eigenvalue weighted by Gasteiger charge is -2.09. The van der Waals surface area contributed by atoms with Crippen molar-refractivity contribution in [1.82, 2.24) is 9.97 Å². The van der Waals surface area contributed by atoms with Crippen LogP contribution in [0.2, 0.25) is 0 Å². The summed E-state index contributed by atoms with van der Waals surface area (Å²) in [5, 5.41) is 5.63. The summed E-state index contributed by atoms with van der Waals surface area (Å²) in [4.78, 5) is 21.7. The first-order chi connectivity index (χ1) is 12.6. The lowest BCUT2D eigenvalue weighted by atomic mass is 10.1. The first-order valence-electron chi connectivity index (χ1n) is 7.69. The van der Waals surface area contributed by atoms with E-state index in [-0.39, 0.29) is 12.0 Å². The van der Waals surface area contributed by atoms with Crippen LogP contribution in [0.5, 0.6) is 0 Å². The van der Waals surface area contributed by atoms with Gasteiger partial charge in [-0.25, -0.2) is 14.4 Å². The molecule has 0 unspecified atom stereocenters. The van der Waals surface area contributed by atoms with Gasteiger partial charge < -0.3 is 5.32 Å². The number of aromatic nitrogens is 2. The Kier molecular flexibility index (Phi) is 5.29. The normalized spacial score (nSPS) is 11.6. The van der Waals surface area contributed by atoms with Crippen molar-refractivity contribution >= 4 is 33.7 Å². The second-order valence-corrected chi connectivity index (χ2v) is 7.78. The first kappa shape index (κ1) is 19.4. The SMILES string of the molecule is Cc1nc(C)c(-c2csc(NC(=O)Cc3ccc(C(F)(F)F)c(F)c3)n2)s1. The number of alkyl halides is 3. The number of aryl methyl sites for hydroxylation is 2. The van der Waals surface area contributed by atoms with E-state index in [9.17, 15) is 22.4 Å². The third kappa shape index (κ3) is 4.51. The molecule has 0 bridgehead atoms. The van der Waals surface area contributed by atoms with E-state index >= 15 is 0 Å². The number of carbonyl (C=O) groups is 1. The second-order valence-electron chi connectivity index (χ2n) is 5.72. The first-order valence-corrected chi connectivity index (χ1v) is 9.38. The zero-order valence-electron chi connectivity index (χ0n) is 14.1. The molecule has 4 nitrogen and oxygen atoms in total. The molecular weight excluding hydrogens is 402 g/mol. The van der Waals surface area contributed by atoms with Crippen LogP contribution in [0.15, 0.2) is 23.6 Å². The molecule has 0 aliphatic carbocycles. The fourth-order valence-corrected chi connectivity index (χ4v) is 4.12. The summed E-state index contributed by atoms with van der Waals surface area (Å²) >= 11 is 2.72. The molecule has 1 aromatic carbocycles. The molecule has 0 atom stereocenters. The van der Waals surface area contributed by atoms with Gasteiger partial charge >= 0.3 is 6.18 Å². The van der Waals surface area contributed by atoms with Crippen molar-refractivity contribution in [2.24, 2.45) is 0 Å². The highest BCUT2D eigenvalue weighted by molar-refractivity contribution is 7.16. The third-order valence-electron chi connectivity index (χ3n) is 3.59. The molecule has 0 aliphatic heterocycles. The smallest absolute Gasteiger partial charge is 0.302 e. The van der Waals surface area contributed by atoms with Crippen LogP contribution >= 0.6 is 22.7 Å². The minimum atomic E-state index is -4.77. The van der Waals surface area contributed by atoms with Gasteiger partial charge in [0, 0.05) is 5.38 Å². The molecule has 142 valence electrons. The summed E-state index contributed by atoms with van der Waals surface area (Å²) in [6.45, 7) is 3.76. The molecule has 0 aliphatic rings. The molecule has 2 aromatic heterocycles. The highest BCUT2D eigenvalue weighted by atomic mass is 32.1. The monoisotopic (exact) mass is 415 g/mol. The summed E-state index contributed by atoms with van der Waals surface area (Å²) in [5.74, 6) is -1.90. The number of hydrogen-bond donors (Lipinski definition) is 1. The van der Waals surface area contributed by atoms with E-state index < -0.39 is 23.5 Å². The molecule has 1 N–H and O–H groups in total. The maximum atomic E-state index is 13.6. The second kappa shape index (κ2) is 7.35. The minimum absolute atomic E-state index is 0.142. The number of anilines is 1. The molecule has 1 amide bonds. The number of carbonyl (C=O) groups excluding carboxylic acids is 1. The van der Waals surface area contributed by atoms with Gasteiger partial charge in [0.2, 0.25) is 5.91 Å². The Morgan fingerprint density at radius 2 is 1.96 bits per heavy atom. The summed E-state index contributed by atoms with van der Waals surface area (Å²) in [6.07, 6.45) is -5.03. The van der Waals surface area contributed by atoms with Crippen molar-refractivity contribution in [3.63, 3.8) is 0 Å². The lowest BCUT2D eigenvalue weighted by Crippen LogP contribution is -2.15. The van der Waals surface area contributed by atoms with Gasteiger partial charge in [0.05, 0.1) is 33.3 Å². The molecule has 2 heterocycles.